The van der Waals surface area contributed by atoms with Crippen LogP contribution in [-0.4, -0.2) is 41.5 Å². The summed E-state index contributed by atoms with van der Waals surface area (Å²) in [5.74, 6) is -0.308. The maximum absolute atomic E-state index is 12.4. The number of pyridine rings is 1. The van der Waals surface area contributed by atoms with Gasteiger partial charge in [-0.2, -0.15) is 0 Å². The van der Waals surface area contributed by atoms with Gasteiger partial charge in [-0.25, -0.2) is 0 Å². The Bertz CT molecular complexity index is 735. The summed E-state index contributed by atoms with van der Waals surface area (Å²) in [6.45, 7) is 9.41. The van der Waals surface area contributed by atoms with E-state index in [1.165, 1.54) is 6.20 Å². The Morgan fingerprint density at radius 1 is 1.25 bits per heavy atom. The van der Waals surface area contributed by atoms with Crippen LogP contribution >= 0.6 is 0 Å². The van der Waals surface area contributed by atoms with Crippen LogP contribution in [0.4, 0.5) is 0 Å². The number of para-hydroxylation sites is 1. The molecule has 130 valence electrons. The molecule has 2 aromatic rings. The quantitative estimate of drug-likeness (QED) is 0.783. The van der Waals surface area contributed by atoms with Crippen molar-refractivity contribution in [2.45, 2.75) is 39.7 Å². The van der Waals surface area contributed by atoms with Crippen molar-refractivity contribution in [3.05, 3.63) is 46.2 Å². The molecule has 2 rings (SSSR count). The average Bonchev–Trinajstić information content (AvgIpc) is 2.59. The van der Waals surface area contributed by atoms with Gasteiger partial charge in [0.15, 0.2) is 0 Å². The highest BCUT2D eigenvalue weighted by molar-refractivity contribution is 5.97. The number of rotatable bonds is 8. The number of hydrogen-bond acceptors (Lipinski definition) is 3. The van der Waals surface area contributed by atoms with Crippen molar-refractivity contribution in [2.75, 3.05) is 19.6 Å². The summed E-state index contributed by atoms with van der Waals surface area (Å²) >= 11 is 0. The number of aromatic amines is 1. The molecule has 1 amide bonds. The third-order valence-corrected chi connectivity index (χ3v) is 4.42. The van der Waals surface area contributed by atoms with Crippen LogP contribution in [0.2, 0.25) is 0 Å². The Labute approximate surface area is 143 Å². The van der Waals surface area contributed by atoms with Crippen molar-refractivity contribution in [3.63, 3.8) is 0 Å². The summed E-state index contributed by atoms with van der Waals surface area (Å²) in [5, 5.41) is 3.48. The van der Waals surface area contributed by atoms with Crippen LogP contribution in [0, 0.1) is 0 Å². The van der Waals surface area contributed by atoms with Gasteiger partial charge >= 0.3 is 0 Å². The first-order valence-electron chi connectivity index (χ1n) is 8.70. The zero-order valence-corrected chi connectivity index (χ0v) is 14.8. The van der Waals surface area contributed by atoms with Crippen LogP contribution < -0.4 is 10.7 Å². The van der Waals surface area contributed by atoms with E-state index in [-0.39, 0.29) is 22.9 Å². The van der Waals surface area contributed by atoms with E-state index in [1.54, 1.807) is 12.1 Å². The fourth-order valence-electron chi connectivity index (χ4n) is 2.87. The van der Waals surface area contributed by atoms with Gasteiger partial charge in [-0.05, 0) is 51.5 Å². The molecule has 0 spiro atoms. The van der Waals surface area contributed by atoms with Crippen molar-refractivity contribution in [3.8, 4) is 0 Å². The molecule has 0 aliphatic rings. The zero-order valence-electron chi connectivity index (χ0n) is 14.8. The Hall–Kier alpha value is -2.14. The molecule has 0 radical (unpaired) electrons. The number of aromatic nitrogens is 1. The Kier molecular flexibility index (Phi) is 6.55. The number of nitrogens with one attached hydrogen (secondary N) is 2. The minimum absolute atomic E-state index is 0.0407. The molecule has 0 fully saturated rings. The second-order valence-electron chi connectivity index (χ2n) is 6.12. The number of nitrogens with zero attached hydrogens (tertiary/aromatic N) is 1. The number of fused-ring (bicyclic) bond motifs is 1. The van der Waals surface area contributed by atoms with Gasteiger partial charge in [0, 0.05) is 23.1 Å². The van der Waals surface area contributed by atoms with Crippen molar-refractivity contribution in [2.24, 2.45) is 0 Å². The highest BCUT2D eigenvalue weighted by Gasteiger charge is 2.15. The van der Waals surface area contributed by atoms with Gasteiger partial charge in [0.25, 0.3) is 5.91 Å². The Morgan fingerprint density at radius 3 is 2.67 bits per heavy atom. The van der Waals surface area contributed by atoms with Crippen molar-refractivity contribution in [1.29, 1.82) is 0 Å². The minimum atomic E-state index is -0.308. The molecular weight excluding hydrogens is 302 g/mol. The fraction of sp³-hybridized carbons (Fsp3) is 0.474. The van der Waals surface area contributed by atoms with Gasteiger partial charge in [-0.1, -0.05) is 26.0 Å². The van der Waals surface area contributed by atoms with Crippen LogP contribution in [0.15, 0.2) is 35.3 Å². The third kappa shape index (κ3) is 4.45. The molecule has 5 nitrogen and oxygen atoms in total. The highest BCUT2D eigenvalue weighted by Crippen LogP contribution is 2.07. The minimum Gasteiger partial charge on any atom is -0.360 e. The smallest absolute Gasteiger partial charge is 0.256 e. The molecular formula is C19H27N3O2. The molecule has 0 aliphatic heterocycles. The van der Waals surface area contributed by atoms with E-state index in [4.69, 9.17) is 0 Å². The topological polar surface area (TPSA) is 65.2 Å². The molecule has 0 bridgehead atoms. The van der Waals surface area contributed by atoms with Crippen molar-refractivity contribution < 1.29 is 4.79 Å². The zero-order chi connectivity index (χ0) is 17.5. The molecule has 1 aromatic heterocycles. The number of hydrogen-bond donors (Lipinski definition) is 2. The van der Waals surface area contributed by atoms with Crippen molar-refractivity contribution in [1.82, 2.24) is 15.2 Å². The fourth-order valence-corrected chi connectivity index (χ4v) is 2.87. The monoisotopic (exact) mass is 329 g/mol. The van der Waals surface area contributed by atoms with E-state index >= 15 is 0 Å². The van der Waals surface area contributed by atoms with Gasteiger partial charge < -0.3 is 15.2 Å². The summed E-state index contributed by atoms with van der Waals surface area (Å²) in [7, 11) is 0. The molecule has 0 saturated carbocycles. The predicted octanol–water partition coefficient (Wildman–Crippen LogP) is 2.77. The first kappa shape index (κ1) is 18.2. The largest absolute Gasteiger partial charge is 0.360 e. The summed E-state index contributed by atoms with van der Waals surface area (Å²) < 4.78 is 0. The van der Waals surface area contributed by atoms with E-state index in [9.17, 15) is 9.59 Å². The predicted molar refractivity (Wildman–Crippen MR) is 98.5 cm³/mol. The summed E-state index contributed by atoms with van der Waals surface area (Å²) in [6, 6.07) is 7.26. The van der Waals surface area contributed by atoms with Crippen LogP contribution in [0.5, 0.6) is 0 Å². The maximum atomic E-state index is 12.4. The Morgan fingerprint density at radius 2 is 1.96 bits per heavy atom. The third-order valence-electron chi connectivity index (χ3n) is 4.42. The lowest BCUT2D eigenvalue weighted by atomic mass is 10.1. The number of benzene rings is 1. The molecule has 0 unspecified atom stereocenters. The summed E-state index contributed by atoms with van der Waals surface area (Å²) in [4.78, 5) is 30.2. The van der Waals surface area contributed by atoms with Gasteiger partial charge in [-0.15, -0.1) is 0 Å². The normalized spacial score (nSPS) is 12.5. The molecule has 24 heavy (non-hydrogen) atoms. The van der Waals surface area contributed by atoms with Crippen LogP contribution in [0.1, 0.15) is 44.0 Å². The molecule has 0 aliphatic carbocycles. The van der Waals surface area contributed by atoms with Crippen LogP contribution in [-0.2, 0) is 0 Å². The molecule has 1 atom stereocenters. The lowest BCUT2D eigenvalue weighted by Crippen LogP contribution is -2.36. The van der Waals surface area contributed by atoms with E-state index in [0.717, 1.165) is 38.0 Å². The van der Waals surface area contributed by atoms with E-state index in [2.05, 4.69) is 29.0 Å². The Balaban J connectivity index is 1.97. The number of H-pyrrole nitrogens is 1. The maximum Gasteiger partial charge on any atom is 0.256 e. The van der Waals surface area contributed by atoms with E-state index < -0.39 is 0 Å². The van der Waals surface area contributed by atoms with Gasteiger partial charge in [0.2, 0.25) is 5.43 Å². The standard InChI is InChI=1S/C19H27N3O2/c1-4-22(5-2)12-8-9-14(3)21-19(24)16-13-20-17-11-7-6-10-15(17)18(16)23/h6-7,10-11,13-14H,4-5,8-9,12H2,1-3H3,(H,20,23)(H,21,24)/t14-/m1/s1. The van der Waals surface area contributed by atoms with Gasteiger partial charge in [-0.3, -0.25) is 9.59 Å². The molecule has 5 heteroatoms. The SMILES string of the molecule is CCN(CC)CCC[C@@H](C)NC(=O)c1c[nH]c2ccccc2c1=O. The van der Waals surface area contributed by atoms with Crippen LogP contribution in [0.3, 0.4) is 0 Å². The molecule has 1 heterocycles. The van der Waals surface area contributed by atoms with Crippen molar-refractivity contribution >= 4 is 16.8 Å². The van der Waals surface area contributed by atoms with Gasteiger partial charge in [0.05, 0.1) is 0 Å². The number of amides is 1. The van der Waals surface area contributed by atoms with Gasteiger partial charge in [0.1, 0.15) is 5.56 Å². The molecule has 0 saturated heterocycles. The molecule has 1 aromatic carbocycles. The lowest BCUT2D eigenvalue weighted by Gasteiger charge is -2.19. The van der Waals surface area contributed by atoms with E-state index in [0.29, 0.717) is 5.39 Å². The van der Waals surface area contributed by atoms with Crippen LogP contribution in [0.25, 0.3) is 10.9 Å². The first-order chi connectivity index (χ1) is 11.6. The average molecular weight is 329 g/mol. The summed E-state index contributed by atoms with van der Waals surface area (Å²) in [5.41, 5.74) is 0.688. The number of carbonyl (C=O) groups is 1. The van der Waals surface area contributed by atoms with E-state index in [1.807, 2.05) is 19.1 Å². The summed E-state index contributed by atoms with van der Waals surface area (Å²) in [6.07, 6.45) is 3.42. The highest BCUT2D eigenvalue weighted by atomic mass is 16.2. The lowest BCUT2D eigenvalue weighted by molar-refractivity contribution is 0.0936. The second-order valence-corrected chi connectivity index (χ2v) is 6.12. The number of carbonyl (C=O) groups excluding carboxylic acids is 1. The first-order valence-corrected chi connectivity index (χ1v) is 8.70. The molecule has 2 N–H and O–H groups in total. The second kappa shape index (κ2) is 8.64.